The van der Waals surface area contributed by atoms with E-state index >= 15 is 0 Å². The SMILES string of the molecule is CC(=O)Oc1cccc(C)c1.[H-].[K+]. The molecule has 2 nitrogen and oxygen atoms in total. The summed E-state index contributed by atoms with van der Waals surface area (Å²) in [6.45, 7) is 3.34. The van der Waals surface area contributed by atoms with Gasteiger partial charge in [-0.25, -0.2) is 0 Å². The maximum absolute atomic E-state index is 10.5. The van der Waals surface area contributed by atoms with Crippen molar-refractivity contribution in [3.8, 4) is 5.75 Å². The van der Waals surface area contributed by atoms with Crippen molar-refractivity contribution in [2.24, 2.45) is 0 Å². The van der Waals surface area contributed by atoms with Gasteiger partial charge < -0.3 is 6.16 Å². The Morgan fingerprint density at radius 3 is 2.67 bits per heavy atom. The van der Waals surface area contributed by atoms with Gasteiger partial charge in [-0.15, -0.1) is 0 Å². The Hall–Kier alpha value is 0.326. The first-order chi connectivity index (χ1) is 5.18. The molecule has 1 aromatic carbocycles. The van der Waals surface area contributed by atoms with Crippen molar-refractivity contribution in [1.82, 2.24) is 0 Å². The van der Waals surface area contributed by atoms with Crippen molar-refractivity contribution in [1.29, 1.82) is 0 Å². The van der Waals surface area contributed by atoms with E-state index in [9.17, 15) is 4.79 Å². The topological polar surface area (TPSA) is 26.3 Å². The van der Waals surface area contributed by atoms with Gasteiger partial charge in [-0.2, -0.15) is 0 Å². The fourth-order valence-electron chi connectivity index (χ4n) is 0.845. The number of ether oxygens (including phenoxy) is 1. The summed E-state index contributed by atoms with van der Waals surface area (Å²) in [5.74, 6) is 0.327. The molecular formula is C9H11KO2. The van der Waals surface area contributed by atoms with E-state index in [4.69, 9.17) is 4.74 Å². The van der Waals surface area contributed by atoms with Crippen molar-refractivity contribution in [2.75, 3.05) is 0 Å². The zero-order chi connectivity index (χ0) is 8.27. The summed E-state index contributed by atoms with van der Waals surface area (Å²) in [5.41, 5.74) is 1.09. The van der Waals surface area contributed by atoms with Gasteiger partial charge in [0.15, 0.2) is 0 Å². The van der Waals surface area contributed by atoms with E-state index < -0.39 is 0 Å². The Bertz CT molecular complexity index is 276. The Labute approximate surface area is 116 Å². The molecule has 1 rings (SSSR count). The maximum Gasteiger partial charge on any atom is 1.00 e. The Morgan fingerprint density at radius 1 is 1.50 bits per heavy atom. The first kappa shape index (κ1) is 12.3. The molecule has 0 aliphatic heterocycles. The first-order valence-corrected chi connectivity index (χ1v) is 3.43. The molecule has 0 amide bonds. The number of hydrogen-bond acceptors (Lipinski definition) is 2. The zero-order valence-electron chi connectivity index (χ0n) is 8.63. The maximum atomic E-state index is 10.5. The minimum atomic E-state index is -0.282. The molecule has 0 unspecified atom stereocenters. The minimum Gasteiger partial charge on any atom is -1.00 e. The third kappa shape index (κ3) is 4.38. The first-order valence-electron chi connectivity index (χ1n) is 3.43. The van der Waals surface area contributed by atoms with Crippen LogP contribution in [0.15, 0.2) is 24.3 Å². The van der Waals surface area contributed by atoms with Crippen LogP contribution in [-0.4, -0.2) is 5.97 Å². The molecule has 12 heavy (non-hydrogen) atoms. The van der Waals surface area contributed by atoms with Gasteiger partial charge in [0.05, 0.1) is 0 Å². The molecule has 0 heterocycles. The molecule has 60 valence electrons. The minimum absolute atomic E-state index is 0. The number of benzene rings is 1. The standard InChI is InChI=1S/C9H10O2.K.H/c1-7-4-3-5-9(6-7)11-8(2)10;;/h3-6H,1-2H3;;/q;+1;-1. The molecule has 0 aromatic heterocycles. The zero-order valence-corrected chi connectivity index (χ0v) is 10.7. The molecule has 0 saturated carbocycles. The summed E-state index contributed by atoms with van der Waals surface area (Å²) in [7, 11) is 0. The van der Waals surface area contributed by atoms with Crippen molar-refractivity contribution in [2.45, 2.75) is 13.8 Å². The third-order valence-corrected chi connectivity index (χ3v) is 1.25. The van der Waals surface area contributed by atoms with Crippen LogP contribution >= 0.6 is 0 Å². The summed E-state index contributed by atoms with van der Waals surface area (Å²) >= 11 is 0. The second-order valence-electron chi connectivity index (χ2n) is 2.41. The van der Waals surface area contributed by atoms with Crippen LogP contribution in [0.4, 0.5) is 0 Å². The number of carbonyl (C=O) groups is 1. The molecule has 0 bridgehead atoms. The van der Waals surface area contributed by atoms with Gasteiger partial charge in [0.2, 0.25) is 0 Å². The van der Waals surface area contributed by atoms with Crippen LogP contribution in [0, 0.1) is 6.92 Å². The summed E-state index contributed by atoms with van der Waals surface area (Å²) in [6.07, 6.45) is 0. The van der Waals surface area contributed by atoms with Crippen LogP contribution in [0.2, 0.25) is 0 Å². The molecule has 0 atom stereocenters. The van der Waals surface area contributed by atoms with E-state index in [2.05, 4.69) is 0 Å². The number of esters is 1. The quantitative estimate of drug-likeness (QED) is 0.324. The summed E-state index contributed by atoms with van der Waals surface area (Å²) in [5, 5.41) is 0. The Morgan fingerprint density at radius 2 is 2.17 bits per heavy atom. The predicted molar refractivity (Wildman–Crippen MR) is 43.6 cm³/mol. The van der Waals surface area contributed by atoms with Crippen LogP contribution in [0.1, 0.15) is 13.9 Å². The van der Waals surface area contributed by atoms with E-state index in [1.807, 2.05) is 25.1 Å². The smallest absolute Gasteiger partial charge is 1.00 e. The summed E-state index contributed by atoms with van der Waals surface area (Å²) in [4.78, 5) is 10.5. The molecule has 0 saturated heterocycles. The van der Waals surface area contributed by atoms with Gasteiger partial charge in [0.25, 0.3) is 0 Å². The third-order valence-electron chi connectivity index (χ3n) is 1.25. The van der Waals surface area contributed by atoms with Crippen molar-refractivity contribution < 1.29 is 62.3 Å². The molecular weight excluding hydrogens is 179 g/mol. The molecule has 3 heteroatoms. The van der Waals surface area contributed by atoms with E-state index in [-0.39, 0.29) is 58.8 Å². The van der Waals surface area contributed by atoms with E-state index in [1.165, 1.54) is 6.92 Å². The largest absolute Gasteiger partial charge is 1.00 e. The average Bonchev–Trinajstić information content (AvgIpc) is 1.85. The van der Waals surface area contributed by atoms with Gasteiger partial charge in [-0.3, -0.25) is 4.79 Å². The Balaban J connectivity index is 0. The second-order valence-corrected chi connectivity index (χ2v) is 2.41. The molecule has 0 spiro atoms. The summed E-state index contributed by atoms with van der Waals surface area (Å²) < 4.78 is 4.86. The van der Waals surface area contributed by atoms with E-state index in [0.717, 1.165) is 5.56 Å². The number of aryl methyl sites for hydroxylation is 1. The molecule has 0 N–H and O–H groups in total. The number of rotatable bonds is 1. The fourth-order valence-corrected chi connectivity index (χ4v) is 0.845. The van der Waals surface area contributed by atoms with Crippen LogP contribution < -0.4 is 56.1 Å². The molecule has 0 fully saturated rings. The van der Waals surface area contributed by atoms with Crippen molar-refractivity contribution in [3.63, 3.8) is 0 Å². The average molecular weight is 190 g/mol. The predicted octanol–water partition coefficient (Wildman–Crippen LogP) is -0.963. The van der Waals surface area contributed by atoms with Gasteiger partial charge >= 0.3 is 57.4 Å². The van der Waals surface area contributed by atoms with E-state index in [1.54, 1.807) is 6.07 Å². The normalized spacial score (nSPS) is 8.50. The van der Waals surface area contributed by atoms with Gasteiger partial charge in [-0.05, 0) is 24.6 Å². The molecule has 0 aliphatic carbocycles. The van der Waals surface area contributed by atoms with Crippen LogP contribution in [0.5, 0.6) is 5.75 Å². The molecule has 0 aliphatic rings. The molecule has 1 aromatic rings. The van der Waals surface area contributed by atoms with Crippen molar-refractivity contribution >= 4 is 5.97 Å². The van der Waals surface area contributed by atoms with E-state index in [0.29, 0.717) is 5.75 Å². The number of carbonyl (C=O) groups excluding carboxylic acids is 1. The number of hydrogen-bond donors (Lipinski definition) is 0. The Kier molecular flexibility index (Phi) is 6.04. The van der Waals surface area contributed by atoms with Gasteiger partial charge in [0, 0.05) is 6.92 Å². The van der Waals surface area contributed by atoms with Crippen LogP contribution in [0.25, 0.3) is 0 Å². The van der Waals surface area contributed by atoms with Crippen LogP contribution in [-0.2, 0) is 4.79 Å². The van der Waals surface area contributed by atoms with Crippen molar-refractivity contribution in [3.05, 3.63) is 29.8 Å². The molecule has 0 radical (unpaired) electrons. The second kappa shape index (κ2) is 5.88. The van der Waals surface area contributed by atoms with Gasteiger partial charge in [0.1, 0.15) is 5.75 Å². The van der Waals surface area contributed by atoms with Gasteiger partial charge in [-0.1, -0.05) is 12.1 Å². The summed E-state index contributed by atoms with van der Waals surface area (Å²) in [6, 6.07) is 7.39. The fraction of sp³-hybridized carbons (Fsp3) is 0.222. The van der Waals surface area contributed by atoms with Crippen LogP contribution in [0.3, 0.4) is 0 Å². The monoisotopic (exact) mass is 190 g/mol.